The van der Waals surface area contributed by atoms with Crippen molar-refractivity contribution in [2.75, 3.05) is 18.4 Å². The van der Waals surface area contributed by atoms with E-state index in [1.807, 2.05) is 80.3 Å². The predicted molar refractivity (Wildman–Crippen MR) is 142 cm³/mol. The summed E-state index contributed by atoms with van der Waals surface area (Å²) in [6.45, 7) is 7.33. The van der Waals surface area contributed by atoms with E-state index in [4.69, 9.17) is 4.42 Å². The number of carbonyl (C=O) groups excluding carboxylic acids is 2. The molecule has 1 aliphatic heterocycles. The number of oxazole rings is 1. The van der Waals surface area contributed by atoms with E-state index in [9.17, 15) is 9.59 Å². The molecule has 0 bridgehead atoms. The van der Waals surface area contributed by atoms with Crippen LogP contribution in [0.3, 0.4) is 0 Å². The van der Waals surface area contributed by atoms with Gasteiger partial charge in [-0.05, 0) is 80.1 Å². The third-order valence-corrected chi connectivity index (χ3v) is 7.47. The molecule has 0 radical (unpaired) electrons. The van der Waals surface area contributed by atoms with Gasteiger partial charge < -0.3 is 14.6 Å². The number of nitrogens with zero attached hydrogens (tertiary/aromatic N) is 2. The molecule has 4 aromatic rings. The van der Waals surface area contributed by atoms with Gasteiger partial charge in [-0.25, -0.2) is 4.98 Å². The first-order valence-corrected chi connectivity index (χ1v) is 12.5. The molecule has 36 heavy (non-hydrogen) atoms. The van der Waals surface area contributed by atoms with E-state index in [1.165, 1.54) is 0 Å². The molecule has 2 amide bonds. The second-order valence-electron chi connectivity index (χ2n) is 9.72. The highest BCUT2D eigenvalue weighted by atomic mass is 16.3. The number of amides is 2. The number of aromatic nitrogens is 1. The quantitative estimate of drug-likeness (QED) is 0.366. The third kappa shape index (κ3) is 4.76. The number of rotatable bonds is 5. The topological polar surface area (TPSA) is 75.4 Å². The van der Waals surface area contributed by atoms with E-state index in [2.05, 4.69) is 10.3 Å². The van der Waals surface area contributed by atoms with Gasteiger partial charge in [-0.3, -0.25) is 9.59 Å². The Hall–Kier alpha value is -3.93. The first-order chi connectivity index (χ1) is 17.4. The third-order valence-electron chi connectivity index (χ3n) is 7.47. The van der Waals surface area contributed by atoms with E-state index in [-0.39, 0.29) is 23.7 Å². The number of aryl methyl sites for hydroxylation is 1. The van der Waals surface area contributed by atoms with Crippen LogP contribution in [0, 0.1) is 25.7 Å². The lowest BCUT2D eigenvalue weighted by Gasteiger charge is -2.34. The Morgan fingerprint density at radius 2 is 1.75 bits per heavy atom. The SMILES string of the molecule is Cc1cccc(NC(=O)[C@H](C)C2CCN(C(=O)c3ccc4oc(-c5ccccc5)nc4c3)CC2)c1C. The van der Waals surface area contributed by atoms with Crippen molar-refractivity contribution in [3.8, 4) is 11.5 Å². The molecular weight excluding hydrogens is 450 g/mol. The van der Waals surface area contributed by atoms with Crippen LogP contribution in [-0.2, 0) is 4.79 Å². The Morgan fingerprint density at radius 1 is 1.00 bits per heavy atom. The van der Waals surface area contributed by atoms with Crippen LogP contribution in [0.1, 0.15) is 41.3 Å². The lowest BCUT2D eigenvalue weighted by atomic mass is 9.84. The van der Waals surface area contributed by atoms with Crippen molar-refractivity contribution < 1.29 is 14.0 Å². The monoisotopic (exact) mass is 481 g/mol. The average molecular weight is 482 g/mol. The second-order valence-corrected chi connectivity index (χ2v) is 9.72. The summed E-state index contributed by atoms with van der Waals surface area (Å²) in [5.41, 5.74) is 5.97. The molecular formula is C30H31N3O3. The molecule has 5 rings (SSSR count). The highest BCUT2D eigenvalue weighted by Gasteiger charge is 2.30. The molecule has 3 aromatic carbocycles. The van der Waals surface area contributed by atoms with Crippen LogP contribution >= 0.6 is 0 Å². The number of nitrogens with one attached hydrogen (secondary N) is 1. The zero-order valence-electron chi connectivity index (χ0n) is 21.0. The van der Waals surface area contributed by atoms with Crippen molar-refractivity contribution in [1.82, 2.24) is 9.88 Å². The van der Waals surface area contributed by atoms with Gasteiger partial charge in [0.1, 0.15) is 5.52 Å². The van der Waals surface area contributed by atoms with Crippen molar-refractivity contribution in [2.45, 2.75) is 33.6 Å². The number of anilines is 1. The number of likely N-dealkylation sites (tertiary alicyclic amines) is 1. The Kier molecular flexibility index (Phi) is 6.59. The van der Waals surface area contributed by atoms with Crippen LogP contribution < -0.4 is 5.32 Å². The van der Waals surface area contributed by atoms with E-state index in [1.54, 1.807) is 12.1 Å². The fourth-order valence-electron chi connectivity index (χ4n) is 4.90. The Bertz CT molecular complexity index is 1400. The molecule has 0 spiro atoms. The molecule has 6 heteroatoms. The van der Waals surface area contributed by atoms with Crippen molar-refractivity contribution in [2.24, 2.45) is 11.8 Å². The predicted octanol–water partition coefficient (Wildman–Crippen LogP) is 6.24. The van der Waals surface area contributed by atoms with Crippen LogP contribution in [0.15, 0.2) is 71.1 Å². The number of piperidine rings is 1. The molecule has 1 aliphatic rings. The summed E-state index contributed by atoms with van der Waals surface area (Å²) in [6, 6.07) is 21.1. The Morgan fingerprint density at radius 3 is 2.50 bits per heavy atom. The summed E-state index contributed by atoms with van der Waals surface area (Å²) >= 11 is 0. The lowest BCUT2D eigenvalue weighted by Crippen LogP contribution is -2.41. The second kappa shape index (κ2) is 9.97. The van der Waals surface area contributed by atoms with E-state index in [0.29, 0.717) is 35.6 Å². The van der Waals surface area contributed by atoms with Crippen LogP contribution in [0.5, 0.6) is 0 Å². The molecule has 1 N–H and O–H groups in total. The van der Waals surface area contributed by atoms with Gasteiger partial charge in [0.25, 0.3) is 5.91 Å². The van der Waals surface area contributed by atoms with Crippen molar-refractivity contribution in [3.05, 3.63) is 83.4 Å². The lowest BCUT2D eigenvalue weighted by molar-refractivity contribution is -0.121. The highest BCUT2D eigenvalue weighted by molar-refractivity contribution is 5.97. The number of hydrogen-bond acceptors (Lipinski definition) is 4. The van der Waals surface area contributed by atoms with Gasteiger partial charge in [-0.2, -0.15) is 0 Å². The minimum absolute atomic E-state index is 0.00731. The first-order valence-electron chi connectivity index (χ1n) is 12.5. The molecule has 0 saturated carbocycles. The molecule has 184 valence electrons. The fourth-order valence-corrected chi connectivity index (χ4v) is 4.90. The Labute approximate surface area is 211 Å². The molecule has 1 atom stereocenters. The average Bonchev–Trinajstić information content (AvgIpc) is 3.34. The zero-order valence-corrected chi connectivity index (χ0v) is 21.0. The van der Waals surface area contributed by atoms with Crippen LogP contribution in [0.2, 0.25) is 0 Å². The van der Waals surface area contributed by atoms with Gasteiger partial charge >= 0.3 is 0 Å². The maximum absolute atomic E-state index is 13.2. The first kappa shape index (κ1) is 23.8. The smallest absolute Gasteiger partial charge is 0.253 e. The maximum Gasteiger partial charge on any atom is 0.253 e. The summed E-state index contributed by atoms with van der Waals surface area (Å²) in [6.07, 6.45) is 1.61. The maximum atomic E-state index is 13.2. The number of hydrogen-bond donors (Lipinski definition) is 1. The minimum atomic E-state index is -0.120. The van der Waals surface area contributed by atoms with Gasteiger partial charge in [-0.15, -0.1) is 0 Å². The summed E-state index contributed by atoms with van der Waals surface area (Å²) in [5, 5.41) is 3.10. The van der Waals surface area contributed by atoms with Crippen molar-refractivity contribution in [3.63, 3.8) is 0 Å². The van der Waals surface area contributed by atoms with Gasteiger partial charge in [0.2, 0.25) is 11.8 Å². The van der Waals surface area contributed by atoms with Gasteiger partial charge in [0.15, 0.2) is 5.58 Å². The van der Waals surface area contributed by atoms with E-state index < -0.39 is 0 Å². The largest absolute Gasteiger partial charge is 0.436 e. The summed E-state index contributed by atoms with van der Waals surface area (Å²) in [4.78, 5) is 32.6. The van der Waals surface area contributed by atoms with E-state index >= 15 is 0 Å². The van der Waals surface area contributed by atoms with Gasteiger partial charge in [0.05, 0.1) is 0 Å². The number of benzene rings is 3. The van der Waals surface area contributed by atoms with Crippen LogP contribution in [-0.4, -0.2) is 34.8 Å². The molecule has 6 nitrogen and oxygen atoms in total. The summed E-state index contributed by atoms with van der Waals surface area (Å²) < 4.78 is 5.88. The van der Waals surface area contributed by atoms with Gasteiger partial charge in [-0.1, -0.05) is 37.3 Å². The van der Waals surface area contributed by atoms with Gasteiger partial charge in [0, 0.05) is 35.8 Å². The molecule has 0 unspecified atom stereocenters. The number of fused-ring (bicyclic) bond motifs is 1. The van der Waals surface area contributed by atoms with Crippen LogP contribution in [0.25, 0.3) is 22.6 Å². The summed E-state index contributed by atoms with van der Waals surface area (Å²) in [7, 11) is 0. The zero-order chi connectivity index (χ0) is 25.2. The normalized spacial score (nSPS) is 15.1. The Balaban J connectivity index is 1.21. The van der Waals surface area contributed by atoms with Crippen molar-refractivity contribution >= 4 is 28.6 Å². The molecule has 1 aromatic heterocycles. The molecule has 0 aliphatic carbocycles. The summed E-state index contributed by atoms with van der Waals surface area (Å²) in [5.74, 6) is 0.700. The minimum Gasteiger partial charge on any atom is -0.436 e. The fraction of sp³-hybridized carbons (Fsp3) is 0.300. The molecule has 1 fully saturated rings. The highest BCUT2D eigenvalue weighted by Crippen LogP contribution is 2.29. The molecule has 1 saturated heterocycles. The number of carbonyl (C=O) groups is 2. The van der Waals surface area contributed by atoms with E-state index in [0.717, 1.165) is 35.2 Å². The molecule has 2 heterocycles. The van der Waals surface area contributed by atoms with Crippen molar-refractivity contribution in [1.29, 1.82) is 0 Å². The standard InChI is InChI=1S/C30H31N3O3/c1-19-8-7-11-25(20(19)2)31-28(34)21(3)22-14-16-33(17-15-22)30(35)24-12-13-27-26(18-24)32-29(36-27)23-9-5-4-6-10-23/h4-13,18,21-22H,14-17H2,1-3H3,(H,31,34)/t21-/m1/s1. The van der Waals surface area contributed by atoms with Crippen LogP contribution in [0.4, 0.5) is 5.69 Å².